The second-order valence-electron chi connectivity index (χ2n) is 4.22. The van der Waals surface area contributed by atoms with Gasteiger partial charge in [-0.05, 0) is 48.9 Å². The van der Waals surface area contributed by atoms with Crippen molar-refractivity contribution in [3.8, 4) is 0 Å². The molecule has 1 aromatic heterocycles. The summed E-state index contributed by atoms with van der Waals surface area (Å²) in [6.45, 7) is 0. The highest BCUT2D eigenvalue weighted by Gasteiger charge is 2.12. The number of benzene rings is 1. The van der Waals surface area contributed by atoms with Crippen molar-refractivity contribution in [1.29, 1.82) is 0 Å². The Balaban J connectivity index is 2.36. The minimum absolute atomic E-state index is 0.0169. The first kappa shape index (κ1) is 9.85. The number of H-pyrrole nitrogens is 1. The van der Waals surface area contributed by atoms with Crippen LogP contribution in [0.2, 0.25) is 5.15 Å². The second-order valence-corrected chi connectivity index (χ2v) is 4.58. The molecule has 16 heavy (non-hydrogen) atoms. The number of fused-ring (bicyclic) bond motifs is 2. The van der Waals surface area contributed by atoms with Gasteiger partial charge in [0.15, 0.2) is 5.15 Å². The molecular formula is C12H11ClN2O. The van der Waals surface area contributed by atoms with Crippen LogP contribution in [-0.4, -0.2) is 10.2 Å². The molecule has 1 aliphatic carbocycles. The van der Waals surface area contributed by atoms with Gasteiger partial charge in [0, 0.05) is 0 Å². The lowest BCUT2D eigenvalue weighted by Gasteiger charge is -2.15. The van der Waals surface area contributed by atoms with E-state index >= 15 is 0 Å². The van der Waals surface area contributed by atoms with Crippen LogP contribution in [0.25, 0.3) is 10.9 Å². The van der Waals surface area contributed by atoms with Crippen LogP contribution in [0.3, 0.4) is 0 Å². The number of aryl methyl sites for hydroxylation is 2. The van der Waals surface area contributed by atoms with E-state index in [1.54, 1.807) is 0 Å². The van der Waals surface area contributed by atoms with Crippen molar-refractivity contribution in [3.05, 3.63) is 38.6 Å². The fraction of sp³-hybridized carbons (Fsp3) is 0.333. The zero-order valence-electron chi connectivity index (χ0n) is 8.72. The van der Waals surface area contributed by atoms with Gasteiger partial charge in [-0.1, -0.05) is 11.6 Å². The van der Waals surface area contributed by atoms with E-state index in [1.807, 2.05) is 12.1 Å². The summed E-state index contributed by atoms with van der Waals surface area (Å²) in [7, 11) is 0. The zero-order chi connectivity index (χ0) is 11.1. The standard InChI is InChI=1S/C12H11ClN2O/c13-12-11(16)9-5-7-3-1-2-4-8(7)6-10(9)14-15-12/h5-6H,1-4H2,(H,14,16). The van der Waals surface area contributed by atoms with Crippen molar-refractivity contribution >= 4 is 22.5 Å². The molecule has 3 nitrogen and oxygen atoms in total. The van der Waals surface area contributed by atoms with E-state index in [-0.39, 0.29) is 10.6 Å². The number of hydrogen-bond donors (Lipinski definition) is 1. The van der Waals surface area contributed by atoms with Crippen molar-refractivity contribution < 1.29 is 0 Å². The molecule has 1 heterocycles. The van der Waals surface area contributed by atoms with Gasteiger partial charge in [-0.2, -0.15) is 5.10 Å². The number of hydrogen-bond acceptors (Lipinski definition) is 2. The summed E-state index contributed by atoms with van der Waals surface area (Å²) in [6.07, 6.45) is 4.58. The molecule has 0 spiro atoms. The Hall–Kier alpha value is -1.35. The van der Waals surface area contributed by atoms with E-state index in [9.17, 15) is 4.79 Å². The van der Waals surface area contributed by atoms with Crippen LogP contribution in [0.1, 0.15) is 24.0 Å². The highest BCUT2D eigenvalue weighted by Crippen LogP contribution is 2.24. The normalized spacial score (nSPS) is 15.1. The molecule has 0 saturated heterocycles. The third-order valence-corrected chi connectivity index (χ3v) is 3.44. The van der Waals surface area contributed by atoms with E-state index in [2.05, 4.69) is 10.2 Å². The Morgan fingerprint density at radius 2 is 1.88 bits per heavy atom. The largest absolute Gasteiger partial charge is 0.286 e. The van der Waals surface area contributed by atoms with Crippen molar-refractivity contribution in [3.63, 3.8) is 0 Å². The average molecular weight is 235 g/mol. The Labute approximate surface area is 97.4 Å². The van der Waals surface area contributed by atoms with E-state index in [4.69, 9.17) is 11.6 Å². The molecule has 0 unspecified atom stereocenters. The summed E-state index contributed by atoms with van der Waals surface area (Å²) in [5, 5.41) is 7.28. The van der Waals surface area contributed by atoms with Crippen LogP contribution in [0, 0.1) is 0 Å². The molecule has 0 aliphatic heterocycles. The van der Waals surface area contributed by atoms with Crippen molar-refractivity contribution in [2.45, 2.75) is 25.7 Å². The zero-order valence-corrected chi connectivity index (χ0v) is 9.47. The van der Waals surface area contributed by atoms with E-state index in [0.29, 0.717) is 5.39 Å². The minimum atomic E-state index is -0.177. The smallest absolute Gasteiger partial charge is 0.226 e. The number of nitrogens with zero attached hydrogens (tertiary/aromatic N) is 1. The molecule has 0 radical (unpaired) electrons. The maximum absolute atomic E-state index is 11.8. The van der Waals surface area contributed by atoms with Crippen molar-refractivity contribution in [2.24, 2.45) is 0 Å². The fourth-order valence-electron chi connectivity index (χ4n) is 2.34. The van der Waals surface area contributed by atoms with Crippen LogP contribution < -0.4 is 5.43 Å². The summed E-state index contributed by atoms with van der Waals surface area (Å²) >= 11 is 5.72. The third-order valence-electron chi connectivity index (χ3n) is 3.19. The first-order valence-corrected chi connectivity index (χ1v) is 5.83. The molecule has 0 atom stereocenters. The summed E-state index contributed by atoms with van der Waals surface area (Å²) < 4.78 is 0. The van der Waals surface area contributed by atoms with Crippen LogP contribution >= 0.6 is 11.6 Å². The number of nitrogens with one attached hydrogen (secondary N) is 1. The number of rotatable bonds is 0. The number of aromatic amines is 1. The highest BCUT2D eigenvalue weighted by atomic mass is 35.5. The summed E-state index contributed by atoms with van der Waals surface area (Å²) in [5.74, 6) is 0. The van der Waals surface area contributed by atoms with Gasteiger partial charge in [-0.3, -0.25) is 9.89 Å². The summed E-state index contributed by atoms with van der Waals surface area (Å²) in [4.78, 5) is 11.8. The molecule has 3 rings (SSSR count). The predicted molar refractivity (Wildman–Crippen MR) is 64.0 cm³/mol. The Morgan fingerprint density at radius 1 is 1.19 bits per heavy atom. The molecule has 2 aromatic rings. The first-order valence-electron chi connectivity index (χ1n) is 5.45. The fourth-order valence-corrected chi connectivity index (χ4v) is 2.48. The average Bonchev–Trinajstić information content (AvgIpc) is 2.32. The SMILES string of the molecule is O=c1c(Cl)n[nH]c2cc3c(cc12)CCCC3. The van der Waals surface area contributed by atoms with Gasteiger partial charge in [0.25, 0.3) is 0 Å². The van der Waals surface area contributed by atoms with Gasteiger partial charge in [-0.15, -0.1) is 0 Å². The van der Waals surface area contributed by atoms with E-state index in [1.165, 1.54) is 24.0 Å². The minimum Gasteiger partial charge on any atom is -0.286 e. The van der Waals surface area contributed by atoms with Gasteiger partial charge in [0.05, 0.1) is 10.9 Å². The van der Waals surface area contributed by atoms with E-state index < -0.39 is 0 Å². The Bertz CT molecular complexity index is 618. The van der Waals surface area contributed by atoms with Gasteiger partial charge in [-0.25, -0.2) is 0 Å². The maximum Gasteiger partial charge on any atom is 0.226 e. The lowest BCUT2D eigenvalue weighted by Crippen LogP contribution is -2.10. The lowest BCUT2D eigenvalue weighted by molar-refractivity contribution is 0.686. The van der Waals surface area contributed by atoms with E-state index in [0.717, 1.165) is 18.4 Å². The number of aromatic nitrogens is 2. The molecule has 4 heteroatoms. The molecule has 0 amide bonds. The Morgan fingerprint density at radius 3 is 2.62 bits per heavy atom. The van der Waals surface area contributed by atoms with Crippen LogP contribution in [0.15, 0.2) is 16.9 Å². The molecule has 82 valence electrons. The molecule has 0 saturated carbocycles. The van der Waals surface area contributed by atoms with Crippen molar-refractivity contribution in [2.75, 3.05) is 0 Å². The first-order chi connectivity index (χ1) is 7.75. The predicted octanol–water partition coefficient (Wildman–Crippen LogP) is 2.46. The molecule has 0 fully saturated rings. The summed E-state index contributed by atoms with van der Waals surface area (Å²) in [6, 6.07) is 4.00. The second kappa shape index (κ2) is 3.59. The molecular weight excluding hydrogens is 224 g/mol. The van der Waals surface area contributed by atoms with Gasteiger partial charge in [0.1, 0.15) is 0 Å². The van der Waals surface area contributed by atoms with Gasteiger partial charge in [0.2, 0.25) is 5.43 Å². The maximum atomic E-state index is 11.8. The molecule has 1 N–H and O–H groups in total. The van der Waals surface area contributed by atoms with Crippen molar-refractivity contribution in [1.82, 2.24) is 10.2 Å². The van der Waals surface area contributed by atoms with Crippen LogP contribution in [-0.2, 0) is 12.8 Å². The Kier molecular flexibility index (Phi) is 2.21. The molecule has 1 aromatic carbocycles. The topological polar surface area (TPSA) is 45.8 Å². The lowest BCUT2D eigenvalue weighted by atomic mass is 9.90. The van der Waals surface area contributed by atoms with Crippen LogP contribution in [0.4, 0.5) is 0 Å². The third kappa shape index (κ3) is 1.43. The van der Waals surface area contributed by atoms with Gasteiger partial charge >= 0.3 is 0 Å². The molecule has 1 aliphatic rings. The summed E-state index contributed by atoms with van der Waals surface area (Å²) in [5.41, 5.74) is 3.23. The highest BCUT2D eigenvalue weighted by molar-refractivity contribution is 6.29. The van der Waals surface area contributed by atoms with Crippen LogP contribution in [0.5, 0.6) is 0 Å². The quantitative estimate of drug-likeness (QED) is 0.761. The van der Waals surface area contributed by atoms with Gasteiger partial charge < -0.3 is 0 Å². The number of halogens is 1. The monoisotopic (exact) mass is 234 g/mol. The molecule has 0 bridgehead atoms.